The molecule has 110 valence electrons. The lowest BCUT2D eigenvalue weighted by Gasteiger charge is -2.35. The number of hydrogen-bond acceptors (Lipinski definition) is 4. The topological polar surface area (TPSA) is 95.0 Å². The van der Waals surface area contributed by atoms with Crippen LogP contribution in [0.5, 0.6) is 0 Å². The molecule has 1 heterocycles. The molecule has 1 aliphatic rings. The van der Waals surface area contributed by atoms with Crippen molar-refractivity contribution in [3.8, 4) is 0 Å². The number of piperazine rings is 1. The Bertz CT molecular complexity index is 452. The summed E-state index contributed by atoms with van der Waals surface area (Å²) in [5, 5.41) is 7.33. The summed E-state index contributed by atoms with van der Waals surface area (Å²) in [4.78, 5) is 24.2. The third-order valence-corrected chi connectivity index (χ3v) is 5.38. The van der Waals surface area contributed by atoms with Crippen molar-refractivity contribution in [2.24, 2.45) is 5.92 Å². The molecule has 1 N–H and O–H groups in total. The van der Waals surface area contributed by atoms with E-state index in [1.54, 1.807) is 18.7 Å². The summed E-state index contributed by atoms with van der Waals surface area (Å²) in [5.74, 6) is -1.50. The largest absolute Gasteiger partial charge is 0.480 e. The highest BCUT2D eigenvalue weighted by Crippen LogP contribution is 2.14. The van der Waals surface area contributed by atoms with Crippen molar-refractivity contribution >= 4 is 21.9 Å². The van der Waals surface area contributed by atoms with Crippen LogP contribution in [0.15, 0.2) is 0 Å². The summed E-state index contributed by atoms with van der Waals surface area (Å²) < 4.78 is 25.1. The zero-order valence-electron chi connectivity index (χ0n) is 11.4. The van der Waals surface area contributed by atoms with Crippen LogP contribution in [0.2, 0.25) is 0 Å². The normalized spacial score (nSPS) is 19.5. The molecule has 1 atom stereocenters. The minimum atomic E-state index is -3.83. The average molecular weight is 292 g/mol. The third-order valence-electron chi connectivity index (χ3n) is 3.20. The van der Waals surface area contributed by atoms with Gasteiger partial charge >= 0.3 is 5.97 Å². The van der Waals surface area contributed by atoms with Crippen LogP contribution in [-0.4, -0.2) is 66.0 Å². The fourth-order valence-electron chi connectivity index (χ4n) is 1.88. The quantitative estimate of drug-likeness (QED) is 0.760. The fraction of sp³-hybridized carbons (Fsp3) is 0.818. The number of carbonyl (C=O) groups is 2. The Balaban J connectivity index is 2.69. The van der Waals surface area contributed by atoms with E-state index in [0.717, 1.165) is 11.2 Å². The molecule has 0 aromatic carbocycles. The number of aliphatic carboxylic acids is 1. The van der Waals surface area contributed by atoms with E-state index in [4.69, 9.17) is 5.11 Å². The Hall–Kier alpha value is -1.15. The van der Waals surface area contributed by atoms with Gasteiger partial charge in [0.25, 0.3) is 0 Å². The second kappa shape index (κ2) is 5.87. The number of rotatable bonds is 4. The van der Waals surface area contributed by atoms with Crippen LogP contribution in [0, 0.1) is 5.92 Å². The lowest BCUT2D eigenvalue weighted by molar-refractivity contribution is -0.137. The molecule has 0 aromatic heterocycles. The van der Waals surface area contributed by atoms with Gasteiger partial charge in [-0.15, -0.1) is 0 Å². The Kier molecular flexibility index (Phi) is 4.92. The highest BCUT2D eigenvalue weighted by atomic mass is 32.2. The van der Waals surface area contributed by atoms with Gasteiger partial charge in [-0.2, -0.15) is 4.31 Å². The number of hydrogen-bond donors (Lipinski definition) is 1. The van der Waals surface area contributed by atoms with E-state index in [1.807, 2.05) is 0 Å². The van der Waals surface area contributed by atoms with E-state index in [2.05, 4.69) is 0 Å². The first-order chi connectivity index (χ1) is 8.67. The van der Waals surface area contributed by atoms with Gasteiger partial charge in [0.05, 0.1) is 0 Å². The van der Waals surface area contributed by atoms with E-state index in [-0.39, 0.29) is 24.9 Å². The summed E-state index contributed by atoms with van der Waals surface area (Å²) in [6.45, 7) is 5.65. The van der Waals surface area contributed by atoms with Gasteiger partial charge in [-0.3, -0.25) is 9.59 Å². The summed E-state index contributed by atoms with van der Waals surface area (Å²) >= 11 is 0. The molecule has 1 rings (SSSR count). The molecule has 1 aliphatic heterocycles. The maximum atomic E-state index is 12.0. The van der Waals surface area contributed by atoms with Crippen molar-refractivity contribution < 1.29 is 23.1 Å². The van der Waals surface area contributed by atoms with Crippen LogP contribution in [0.3, 0.4) is 0 Å². The summed E-state index contributed by atoms with van der Waals surface area (Å²) in [5.41, 5.74) is 0. The van der Waals surface area contributed by atoms with E-state index in [9.17, 15) is 18.0 Å². The molecule has 1 amide bonds. The van der Waals surface area contributed by atoms with Gasteiger partial charge in [-0.05, 0) is 6.92 Å². The van der Waals surface area contributed by atoms with Gasteiger partial charge in [0.2, 0.25) is 15.9 Å². The number of carboxylic acids is 1. The monoisotopic (exact) mass is 292 g/mol. The van der Waals surface area contributed by atoms with Gasteiger partial charge in [-0.1, -0.05) is 13.8 Å². The van der Waals surface area contributed by atoms with Crippen LogP contribution in [0.25, 0.3) is 0 Å². The average Bonchev–Trinajstić information content (AvgIpc) is 2.36. The molecule has 0 aliphatic carbocycles. The zero-order chi connectivity index (χ0) is 14.8. The number of amides is 1. The maximum absolute atomic E-state index is 12.0. The zero-order valence-corrected chi connectivity index (χ0v) is 12.2. The van der Waals surface area contributed by atoms with Gasteiger partial charge in [0.15, 0.2) is 5.25 Å². The van der Waals surface area contributed by atoms with Crippen molar-refractivity contribution in [1.29, 1.82) is 0 Å². The van der Waals surface area contributed by atoms with Gasteiger partial charge in [-0.25, -0.2) is 8.42 Å². The number of sulfonamides is 1. The summed E-state index contributed by atoms with van der Waals surface area (Å²) in [6.07, 6.45) is 0. The SMILES string of the molecule is CC(C)C(=O)N1CCN(S(=O)(=O)C(C)C(=O)O)CC1. The fourth-order valence-corrected chi connectivity index (χ4v) is 3.25. The van der Waals surface area contributed by atoms with Crippen molar-refractivity contribution in [3.63, 3.8) is 0 Å². The van der Waals surface area contributed by atoms with Crippen LogP contribution in [-0.2, 0) is 19.6 Å². The minimum Gasteiger partial charge on any atom is -0.480 e. The Labute approximate surface area is 113 Å². The van der Waals surface area contributed by atoms with Crippen molar-refractivity contribution in [2.45, 2.75) is 26.0 Å². The smallest absolute Gasteiger partial charge is 0.323 e. The molecule has 0 aromatic rings. The highest BCUT2D eigenvalue weighted by molar-refractivity contribution is 7.90. The maximum Gasteiger partial charge on any atom is 0.323 e. The van der Waals surface area contributed by atoms with E-state index in [1.165, 1.54) is 0 Å². The lowest BCUT2D eigenvalue weighted by atomic mass is 10.2. The molecule has 0 radical (unpaired) electrons. The number of nitrogens with zero attached hydrogens (tertiary/aromatic N) is 2. The molecule has 8 heteroatoms. The highest BCUT2D eigenvalue weighted by Gasteiger charge is 2.36. The molecule has 0 bridgehead atoms. The second-order valence-electron chi connectivity index (χ2n) is 4.90. The van der Waals surface area contributed by atoms with E-state index < -0.39 is 21.2 Å². The molecule has 19 heavy (non-hydrogen) atoms. The van der Waals surface area contributed by atoms with Gasteiger partial charge in [0.1, 0.15) is 0 Å². The van der Waals surface area contributed by atoms with Crippen molar-refractivity contribution in [1.82, 2.24) is 9.21 Å². The molecule has 7 nitrogen and oxygen atoms in total. The second-order valence-corrected chi connectivity index (χ2v) is 7.16. The third kappa shape index (κ3) is 3.44. The predicted molar refractivity (Wildman–Crippen MR) is 69.0 cm³/mol. The molecule has 1 saturated heterocycles. The molecular weight excluding hydrogens is 272 g/mol. The Morgan fingerprint density at radius 3 is 1.89 bits per heavy atom. The first-order valence-electron chi connectivity index (χ1n) is 6.18. The summed E-state index contributed by atoms with van der Waals surface area (Å²) in [7, 11) is -3.83. The molecule has 0 spiro atoms. The standard InChI is InChI=1S/C11H20N2O5S/c1-8(2)10(14)12-4-6-13(7-5-12)19(17,18)9(3)11(15)16/h8-9H,4-7H2,1-3H3,(H,15,16). The predicted octanol–water partition coefficient (Wildman–Crippen LogP) is -0.410. The van der Waals surface area contributed by atoms with Crippen LogP contribution in [0.1, 0.15) is 20.8 Å². The van der Waals surface area contributed by atoms with Crippen molar-refractivity contribution in [2.75, 3.05) is 26.2 Å². The van der Waals surface area contributed by atoms with E-state index >= 15 is 0 Å². The first kappa shape index (κ1) is 15.9. The van der Waals surface area contributed by atoms with E-state index in [0.29, 0.717) is 13.1 Å². The minimum absolute atomic E-state index is 0.0108. The van der Waals surface area contributed by atoms with Gasteiger partial charge < -0.3 is 10.0 Å². The van der Waals surface area contributed by atoms with Crippen LogP contribution in [0.4, 0.5) is 0 Å². The van der Waals surface area contributed by atoms with Gasteiger partial charge in [0, 0.05) is 32.1 Å². The Morgan fingerprint density at radius 1 is 1.05 bits per heavy atom. The van der Waals surface area contributed by atoms with Crippen LogP contribution < -0.4 is 0 Å². The first-order valence-corrected chi connectivity index (χ1v) is 7.68. The summed E-state index contributed by atoms with van der Waals surface area (Å²) in [6, 6.07) is 0. The lowest BCUT2D eigenvalue weighted by Crippen LogP contribution is -2.53. The van der Waals surface area contributed by atoms with Crippen LogP contribution >= 0.6 is 0 Å². The molecular formula is C11H20N2O5S. The molecule has 0 saturated carbocycles. The number of carbonyl (C=O) groups excluding carboxylic acids is 1. The number of carboxylic acid groups (broad SMARTS) is 1. The van der Waals surface area contributed by atoms with Crippen molar-refractivity contribution in [3.05, 3.63) is 0 Å². The Morgan fingerprint density at radius 2 is 1.53 bits per heavy atom. The molecule has 1 unspecified atom stereocenters. The molecule has 1 fully saturated rings.